The Morgan fingerprint density at radius 1 is 0.575 bits per heavy atom. The molecule has 0 aromatic heterocycles. The average Bonchev–Trinajstić information content (AvgIpc) is 3.34. The molecule has 6 aromatic rings. The third-order valence-electron chi connectivity index (χ3n) is 13.3. The van der Waals surface area contributed by atoms with Gasteiger partial charge >= 0.3 is 37.7 Å². The monoisotopic (exact) mass is 1020 g/mol. The van der Waals surface area contributed by atoms with E-state index in [1.807, 2.05) is 27.7 Å². The summed E-state index contributed by atoms with van der Waals surface area (Å²) in [5, 5.41) is 27.8. The molecule has 380 valence electrons. The van der Waals surface area contributed by atoms with Crippen LogP contribution in [0, 0.1) is 11.6 Å². The van der Waals surface area contributed by atoms with Gasteiger partial charge in [-0.3, -0.25) is 0 Å². The zero-order valence-corrected chi connectivity index (χ0v) is 45.4. The van der Waals surface area contributed by atoms with Crippen molar-refractivity contribution in [2.24, 2.45) is 0 Å². The van der Waals surface area contributed by atoms with Gasteiger partial charge in [-0.05, 0) is 175 Å². The molecule has 0 spiro atoms. The van der Waals surface area contributed by atoms with Crippen molar-refractivity contribution in [2.45, 2.75) is 143 Å². The molecule has 73 heavy (non-hydrogen) atoms. The second kappa shape index (κ2) is 26.9. The Morgan fingerprint density at radius 2 is 0.959 bits per heavy atom. The van der Waals surface area contributed by atoms with E-state index in [4.69, 9.17) is 9.47 Å². The summed E-state index contributed by atoms with van der Waals surface area (Å²) in [6.45, 7) is 15.2. The van der Waals surface area contributed by atoms with Crippen LogP contribution < -0.4 is 40.1 Å². The normalized spacial score (nSPS) is 14.8. The van der Waals surface area contributed by atoms with Crippen LogP contribution >= 0.6 is 0 Å². The van der Waals surface area contributed by atoms with Crippen molar-refractivity contribution in [3.63, 3.8) is 0 Å². The standard InChI is InChI=1S/2C30H35FN2O3.Ca/c2*1-20(2)36-29-16-22(18-32-26-14-12-23(27(31)17-26)13-15-30(34)35)9-11-25(29)19-33-21(3)8-10-24-6-4-5-7-28(24)33;/h2*4-7,9,11-12,14,16-17,20-21,32H,8,10,13,15,18-19H2,1-3H3,(H,34,35);/q;;+2/p-2. The number of para-hydroxylation sites is 2. The fourth-order valence-corrected chi connectivity index (χ4v) is 9.38. The molecule has 0 aliphatic carbocycles. The molecule has 13 heteroatoms. The number of aryl methyl sites for hydroxylation is 4. The second-order valence-corrected chi connectivity index (χ2v) is 19.6. The molecular weight excluding hydrogens is 951 g/mol. The Morgan fingerprint density at radius 3 is 1.33 bits per heavy atom. The van der Waals surface area contributed by atoms with Gasteiger partial charge in [-0.1, -0.05) is 72.8 Å². The number of carboxylic acids is 2. The van der Waals surface area contributed by atoms with Gasteiger partial charge < -0.3 is 49.7 Å². The molecule has 2 aliphatic heterocycles. The Labute approximate surface area is 460 Å². The summed E-state index contributed by atoms with van der Waals surface area (Å²) < 4.78 is 41.2. The summed E-state index contributed by atoms with van der Waals surface area (Å²) in [7, 11) is 0. The quantitative estimate of drug-likeness (QED) is 0.0714. The van der Waals surface area contributed by atoms with Gasteiger partial charge in [-0.15, -0.1) is 0 Å². The van der Waals surface area contributed by atoms with Crippen molar-refractivity contribution < 1.29 is 38.1 Å². The number of carbonyl (C=O) groups excluding carboxylic acids is 2. The first-order valence-electron chi connectivity index (χ1n) is 25.3. The molecule has 0 amide bonds. The van der Waals surface area contributed by atoms with Crippen molar-refractivity contribution in [3.8, 4) is 11.5 Å². The van der Waals surface area contributed by atoms with E-state index >= 15 is 0 Å². The molecule has 2 heterocycles. The van der Waals surface area contributed by atoms with Gasteiger partial charge in [0.1, 0.15) is 23.1 Å². The van der Waals surface area contributed by atoms with E-state index in [1.54, 1.807) is 24.3 Å². The maximum absolute atomic E-state index is 14.4. The first-order chi connectivity index (χ1) is 34.6. The molecular formula is C60H68CaF2N4O6. The van der Waals surface area contributed by atoms with Crippen molar-refractivity contribution in [1.29, 1.82) is 0 Å². The molecule has 0 saturated carbocycles. The van der Waals surface area contributed by atoms with Crippen LogP contribution in [0.4, 0.5) is 31.5 Å². The second-order valence-electron chi connectivity index (χ2n) is 19.6. The molecule has 8 rings (SSSR count). The Bertz CT molecular complexity index is 2620. The van der Waals surface area contributed by atoms with Crippen LogP contribution in [0.15, 0.2) is 121 Å². The number of hydrogen-bond donors (Lipinski definition) is 2. The summed E-state index contributed by atoms with van der Waals surface area (Å²) in [5.41, 5.74) is 11.7. The van der Waals surface area contributed by atoms with Gasteiger partial charge in [0.15, 0.2) is 0 Å². The van der Waals surface area contributed by atoms with Crippen molar-refractivity contribution in [3.05, 3.63) is 177 Å². The number of ether oxygens (including phenoxy) is 2. The number of fused-ring (bicyclic) bond motifs is 2. The van der Waals surface area contributed by atoms with E-state index in [0.29, 0.717) is 47.7 Å². The molecule has 2 unspecified atom stereocenters. The van der Waals surface area contributed by atoms with Gasteiger partial charge in [0, 0.05) is 84.1 Å². The van der Waals surface area contributed by atoms with Crippen LogP contribution in [0.3, 0.4) is 0 Å². The van der Waals surface area contributed by atoms with Gasteiger partial charge in [0.25, 0.3) is 0 Å². The van der Waals surface area contributed by atoms with Gasteiger partial charge in [-0.2, -0.15) is 0 Å². The molecule has 0 radical (unpaired) electrons. The largest absolute Gasteiger partial charge is 2.00 e. The van der Waals surface area contributed by atoms with Crippen molar-refractivity contribution in [1.82, 2.24) is 0 Å². The Hall–Kier alpha value is -5.82. The number of benzene rings is 6. The van der Waals surface area contributed by atoms with Crippen molar-refractivity contribution in [2.75, 3.05) is 20.4 Å². The zero-order valence-electron chi connectivity index (χ0n) is 43.1. The SMILES string of the molecule is CC(C)Oc1cc(CNc2ccc(CCC(=O)[O-])c(F)c2)ccc1CN1c2ccccc2CCC1C.CC(C)Oc1cc(CNc2ccc(CCC(=O)[O-])c(F)c2)ccc1CN1c2ccccc2CCC1C.[Ca+2]. The third-order valence-corrected chi connectivity index (χ3v) is 13.3. The predicted molar refractivity (Wildman–Crippen MR) is 285 cm³/mol. The van der Waals surface area contributed by atoms with Crippen LogP contribution in [0.1, 0.15) is 112 Å². The number of hydrogen-bond acceptors (Lipinski definition) is 10. The van der Waals surface area contributed by atoms with E-state index < -0.39 is 23.6 Å². The molecule has 2 aliphatic rings. The summed E-state index contributed by atoms with van der Waals surface area (Å²) >= 11 is 0. The molecule has 0 fully saturated rings. The summed E-state index contributed by atoms with van der Waals surface area (Å²) in [4.78, 5) is 26.2. The van der Waals surface area contributed by atoms with E-state index in [9.17, 15) is 28.6 Å². The minimum absolute atomic E-state index is 0. The number of nitrogens with zero attached hydrogens (tertiary/aromatic N) is 2. The number of carboxylic acid groups (broad SMARTS) is 2. The first-order valence-corrected chi connectivity index (χ1v) is 25.3. The average molecular weight is 1020 g/mol. The minimum atomic E-state index is -1.18. The van der Waals surface area contributed by atoms with Gasteiger partial charge in [-0.25, -0.2) is 8.78 Å². The van der Waals surface area contributed by atoms with Gasteiger partial charge in [0.05, 0.1) is 12.2 Å². The minimum Gasteiger partial charge on any atom is -0.550 e. The molecule has 0 bridgehead atoms. The summed E-state index contributed by atoms with van der Waals surface area (Å²) in [6, 6.07) is 40.3. The topological polar surface area (TPSA) is 129 Å². The van der Waals surface area contributed by atoms with Gasteiger partial charge in [0.2, 0.25) is 0 Å². The maximum atomic E-state index is 14.4. The number of rotatable bonds is 20. The molecule has 2 N–H and O–H groups in total. The van der Waals surface area contributed by atoms with Crippen LogP contribution in [0.5, 0.6) is 11.5 Å². The fraction of sp³-hybridized carbons (Fsp3) is 0.367. The number of carbonyl (C=O) groups is 2. The summed E-state index contributed by atoms with van der Waals surface area (Å²) in [6.07, 6.45) is 4.38. The number of anilines is 4. The summed E-state index contributed by atoms with van der Waals surface area (Å²) in [5.74, 6) is -1.48. The fourth-order valence-electron chi connectivity index (χ4n) is 9.38. The van der Waals surface area contributed by atoms with E-state index in [-0.39, 0.29) is 75.6 Å². The smallest absolute Gasteiger partial charge is 0.550 e. The van der Waals surface area contributed by atoms with Crippen LogP contribution in [0.25, 0.3) is 0 Å². The van der Waals surface area contributed by atoms with Crippen molar-refractivity contribution >= 4 is 72.4 Å². The molecule has 6 aromatic carbocycles. The predicted octanol–water partition coefficient (Wildman–Crippen LogP) is 10.1. The zero-order chi connectivity index (χ0) is 51.3. The molecule has 10 nitrogen and oxygen atoms in total. The van der Waals surface area contributed by atoms with E-state index in [0.717, 1.165) is 72.5 Å². The third kappa shape index (κ3) is 16.1. The van der Waals surface area contributed by atoms with E-state index in [1.165, 1.54) is 34.6 Å². The molecule has 0 saturated heterocycles. The molecule has 2 atom stereocenters. The van der Waals surface area contributed by atoms with Crippen LogP contribution in [-0.4, -0.2) is 74.0 Å². The Balaban J connectivity index is 0.000000235. The van der Waals surface area contributed by atoms with Crippen LogP contribution in [0.2, 0.25) is 0 Å². The van der Waals surface area contributed by atoms with E-state index in [2.05, 4.69) is 119 Å². The Kier molecular flexibility index (Phi) is 20.8. The first kappa shape index (κ1) is 56.5. The van der Waals surface area contributed by atoms with Crippen LogP contribution in [-0.2, 0) is 61.5 Å². The number of nitrogens with one attached hydrogen (secondary N) is 2. The maximum Gasteiger partial charge on any atom is 2.00 e. The number of aliphatic carboxylic acids is 2. The number of halogens is 2.